The minimum Gasteiger partial charge on any atom is -0.295 e. The topological polar surface area (TPSA) is 26.3 Å². The molecule has 0 aliphatic heterocycles. The monoisotopic (exact) mass is 240 g/mol. The van der Waals surface area contributed by atoms with Gasteiger partial charge in [-0.15, -0.1) is 0 Å². The normalized spacial score (nSPS) is 33.7. The molecule has 0 radical (unpaired) electrons. The van der Waals surface area contributed by atoms with Gasteiger partial charge in [-0.25, -0.2) is 0 Å². The fourth-order valence-electron chi connectivity index (χ4n) is 1.16. The summed E-state index contributed by atoms with van der Waals surface area (Å²) >= 11 is 10.7. The van der Waals surface area contributed by atoms with Crippen molar-refractivity contribution >= 4 is 28.6 Å². The second kappa shape index (κ2) is 3.78. The molecule has 2 unspecified atom stereocenters. The van der Waals surface area contributed by atoms with Crippen LogP contribution < -0.4 is 0 Å². The Balaban J connectivity index is 2.82. The van der Waals surface area contributed by atoms with Gasteiger partial charge in [0.1, 0.15) is 0 Å². The molecule has 1 aliphatic carbocycles. The molecule has 74 valence electrons. The lowest BCUT2D eigenvalue weighted by Gasteiger charge is -2.32. The van der Waals surface area contributed by atoms with E-state index in [0.29, 0.717) is 0 Å². The lowest BCUT2D eigenvalue weighted by molar-refractivity contribution is 0.113. The maximum absolute atomic E-state index is 11.1. The second-order valence-corrected chi connectivity index (χ2v) is 7.42. The van der Waals surface area contributed by atoms with E-state index in [1.165, 1.54) is 0 Å². The Hall–Kier alpha value is 0.250. The van der Waals surface area contributed by atoms with Gasteiger partial charge in [-0.05, 0) is 29.4 Å². The first-order chi connectivity index (χ1) is 5.83. The van der Waals surface area contributed by atoms with Crippen LogP contribution in [-0.2, 0) is 9.09 Å². The van der Waals surface area contributed by atoms with Crippen LogP contribution in [0.25, 0.3) is 0 Å². The van der Waals surface area contributed by atoms with Gasteiger partial charge in [0.25, 0.3) is 0 Å². The smallest absolute Gasteiger partial charge is 0.295 e. The maximum atomic E-state index is 11.1. The summed E-state index contributed by atoms with van der Waals surface area (Å²) < 4.78 is 16.2. The van der Waals surface area contributed by atoms with Gasteiger partial charge in [0.2, 0.25) is 0 Å². The standard InChI is InChI=1S/C8H11Cl2O2P/c1-7-5-3-4-6-8(7,2)12-13(9,10)11/h3-7H,1-2H3. The van der Waals surface area contributed by atoms with Crippen LogP contribution in [0.15, 0.2) is 24.3 Å². The minimum absolute atomic E-state index is 0.100. The highest BCUT2D eigenvalue weighted by molar-refractivity contribution is 8.05. The third kappa shape index (κ3) is 3.14. The van der Waals surface area contributed by atoms with Gasteiger partial charge in [-0.1, -0.05) is 31.2 Å². The minimum atomic E-state index is -3.48. The van der Waals surface area contributed by atoms with Crippen LogP contribution in [-0.4, -0.2) is 5.60 Å². The molecule has 0 amide bonds. The highest BCUT2D eigenvalue weighted by atomic mass is 35.9. The molecule has 0 fully saturated rings. The molecule has 0 N–H and O–H groups in total. The average Bonchev–Trinajstić information content (AvgIpc) is 1.92. The Morgan fingerprint density at radius 1 is 1.46 bits per heavy atom. The van der Waals surface area contributed by atoms with E-state index < -0.39 is 11.7 Å². The molecular formula is C8H11Cl2O2P. The number of halogens is 2. The molecule has 0 aromatic heterocycles. The van der Waals surface area contributed by atoms with Crippen molar-refractivity contribution in [2.75, 3.05) is 0 Å². The van der Waals surface area contributed by atoms with E-state index in [2.05, 4.69) is 0 Å². The van der Waals surface area contributed by atoms with Crippen LogP contribution in [0.3, 0.4) is 0 Å². The fourth-order valence-corrected chi connectivity index (χ4v) is 2.74. The van der Waals surface area contributed by atoms with E-state index in [9.17, 15) is 4.57 Å². The second-order valence-electron chi connectivity index (χ2n) is 3.22. The van der Waals surface area contributed by atoms with Crippen molar-refractivity contribution in [3.8, 4) is 0 Å². The zero-order chi connectivity index (χ0) is 10.1. The van der Waals surface area contributed by atoms with Gasteiger partial charge >= 0.3 is 6.07 Å². The first-order valence-corrected chi connectivity index (χ1v) is 7.33. The molecule has 0 saturated carbocycles. The predicted molar refractivity (Wildman–Crippen MR) is 56.2 cm³/mol. The third-order valence-electron chi connectivity index (χ3n) is 2.15. The number of allylic oxidation sites excluding steroid dienone is 2. The summed E-state index contributed by atoms with van der Waals surface area (Å²) in [5.41, 5.74) is -0.673. The van der Waals surface area contributed by atoms with Gasteiger partial charge in [0.15, 0.2) is 0 Å². The number of rotatable bonds is 2. The molecule has 0 aromatic rings. The van der Waals surface area contributed by atoms with Crippen molar-refractivity contribution in [2.24, 2.45) is 5.92 Å². The molecule has 5 heteroatoms. The van der Waals surface area contributed by atoms with E-state index in [1.54, 1.807) is 13.0 Å². The van der Waals surface area contributed by atoms with Gasteiger partial charge < -0.3 is 0 Å². The summed E-state index contributed by atoms with van der Waals surface area (Å²) in [5.74, 6) is 0.100. The van der Waals surface area contributed by atoms with Gasteiger partial charge in [0.05, 0.1) is 5.60 Å². The molecule has 0 saturated heterocycles. The highest BCUT2D eigenvalue weighted by Gasteiger charge is 2.35. The molecule has 0 spiro atoms. The Kier molecular flexibility index (Phi) is 3.29. The van der Waals surface area contributed by atoms with E-state index in [-0.39, 0.29) is 5.92 Å². The summed E-state index contributed by atoms with van der Waals surface area (Å²) in [5, 5.41) is 0. The van der Waals surface area contributed by atoms with E-state index in [0.717, 1.165) is 0 Å². The summed E-state index contributed by atoms with van der Waals surface area (Å²) in [4.78, 5) is 0. The maximum Gasteiger partial charge on any atom is 0.380 e. The van der Waals surface area contributed by atoms with E-state index in [4.69, 9.17) is 27.0 Å². The van der Waals surface area contributed by atoms with Crippen LogP contribution >= 0.6 is 28.6 Å². The van der Waals surface area contributed by atoms with Crippen molar-refractivity contribution in [1.29, 1.82) is 0 Å². The van der Waals surface area contributed by atoms with Crippen molar-refractivity contribution < 1.29 is 9.09 Å². The summed E-state index contributed by atoms with van der Waals surface area (Å²) in [6.45, 7) is 3.75. The molecule has 1 rings (SSSR count). The first-order valence-electron chi connectivity index (χ1n) is 3.90. The Morgan fingerprint density at radius 3 is 2.54 bits per heavy atom. The zero-order valence-electron chi connectivity index (χ0n) is 7.41. The molecule has 0 bridgehead atoms. The largest absolute Gasteiger partial charge is 0.380 e. The highest BCUT2D eigenvalue weighted by Crippen LogP contribution is 2.61. The predicted octanol–water partition coefficient (Wildman–Crippen LogP) is 4.11. The Morgan fingerprint density at radius 2 is 2.08 bits per heavy atom. The molecule has 2 nitrogen and oxygen atoms in total. The molecule has 0 aromatic carbocycles. The fraction of sp³-hybridized carbons (Fsp3) is 0.500. The van der Waals surface area contributed by atoms with Crippen molar-refractivity contribution in [2.45, 2.75) is 19.4 Å². The van der Waals surface area contributed by atoms with Crippen LogP contribution in [0.5, 0.6) is 0 Å². The average molecular weight is 241 g/mol. The molecular weight excluding hydrogens is 230 g/mol. The molecule has 2 atom stereocenters. The number of hydrogen-bond acceptors (Lipinski definition) is 2. The quantitative estimate of drug-likeness (QED) is 0.680. The SMILES string of the molecule is CC1C=CC=CC1(C)OP(=O)(Cl)Cl. The molecule has 0 heterocycles. The zero-order valence-corrected chi connectivity index (χ0v) is 9.81. The van der Waals surface area contributed by atoms with Crippen LogP contribution in [0.2, 0.25) is 0 Å². The lowest BCUT2D eigenvalue weighted by atomic mass is 9.87. The van der Waals surface area contributed by atoms with Gasteiger partial charge in [-0.2, -0.15) is 0 Å². The lowest BCUT2D eigenvalue weighted by Crippen LogP contribution is -2.32. The number of hydrogen-bond donors (Lipinski definition) is 0. The Bertz CT molecular complexity index is 295. The van der Waals surface area contributed by atoms with Crippen molar-refractivity contribution in [1.82, 2.24) is 0 Å². The molecule has 1 aliphatic rings. The third-order valence-corrected chi connectivity index (χ3v) is 3.17. The van der Waals surface area contributed by atoms with Crippen LogP contribution in [0.1, 0.15) is 13.8 Å². The van der Waals surface area contributed by atoms with Crippen molar-refractivity contribution in [3.05, 3.63) is 24.3 Å². The summed E-state index contributed by atoms with van der Waals surface area (Å²) in [7, 11) is 0. The molecule has 13 heavy (non-hydrogen) atoms. The van der Waals surface area contributed by atoms with Gasteiger partial charge in [-0.3, -0.25) is 9.09 Å². The van der Waals surface area contributed by atoms with E-state index in [1.807, 2.05) is 25.2 Å². The van der Waals surface area contributed by atoms with Crippen molar-refractivity contribution in [3.63, 3.8) is 0 Å². The van der Waals surface area contributed by atoms with E-state index >= 15 is 0 Å². The first kappa shape index (κ1) is 11.3. The Labute approximate surface area is 87.6 Å². The van der Waals surface area contributed by atoms with Crippen LogP contribution in [0, 0.1) is 5.92 Å². The van der Waals surface area contributed by atoms with Gasteiger partial charge in [0, 0.05) is 5.92 Å². The summed E-state index contributed by atoms with van der Waals surface area (Å²) in [6.07, 6.45) is 4.00. The summed E-state index contributed by atoms with van der Waals surface area (Å²) in [6, 6.07) is 0. The van der Waals surface area contributed by atoms with Crippen LogP contribution in [0.4, 0.5) is 0 Å².